The van der Waals surface area contributed by atoms with E-state index in [0.717, 1.165) is 25.0 Å². The average molecular weight is 176 g/mol. The van der Waals surface area contributed by atoms with Gasteiger partial charge in [-0.15, -0.1) is 0 Å². The van der Waals surface area contributed by atoms with E-state index in [1.807, 2.05) is 11.8 Å². The van der Waals surface area contributed by atoms with E-state index in [1.54, 1.807) is 0 Å². The molecule has 0 rings (SSSR count). The number of thioether (sulfide) groups is 1. The third-order valence-electron chi connectivity index (χ3n) is 1.69. The largest absolute Gasteiger partial charge is 0.393 e. The molecular weight excluding hydrogens is 156 g/mol. The van der Waals surface area contributed by atoms with Gasteiger partial charge in [0.2, 0.25) is 0 Å². The van der Waals surface area contributed by atoms with E-state index >= 15 is 0 Å². The maximum Gasteiger partial charge on any atom is 0.0548 e. The van der Waals surface area contributed by atoms with Crippen LogP contribution in [-0.2, 0) is 0 Å². The van der Waals surface area contributed by atoms with Crippen molar-refractivity contribution < 1.29 is 5.11 Å². The summed E-state index contributed by atoms with van der Waals surface area (Å²) in [4.78, 5) is 0. The van der Waals surface area contributed by atoms with Crippen LogP contribution in [0.4, 0.5) is 0 Å². The lowest BCUT2D eigenvalue weighted by Crippen LogP contribution is -2.07. The van der Waals surface area contributed by atoms with Gasteiger partial charge in [-0.1, -0.05) is 26.7 Å². The first-order valence-corrected chi connectivity index (χ1v) is 5.72. The second-order valence-electron chi connectivity index (χ2n) is 2.78. The van der Waals surface area contributed by atoms with Crippen LogP contribution >= 0.6 is 11.8 Å². The monoisotopic (exact) mass is 176 g/mol. The van der Waals surface area contributed by atoms with E-state index in [1.165, 1.54) is 12.2 Å². The average Bonchev–Trinajstić information content (AvgIpc) is 2.01. The second kappa shape index (κ2) is 8.41. The fourth-order valence-corrected chi connectivity index (χ4v) is 1.68. The molecule has 0 bridgehead atoms. The summed E-state index contributed by atoms with van der Waals surface area (Å²) >= 11 is 1.91. The zero-order valence-electron chi connectivity index (χ0n) is 7.68. The molecule has 0 aliphatic rings. The van der Waals surface area contributed by atoms with Gasteiger partial charge in [0.15, 0.2) is 0 Å². The van der Waals surface area contributed by atoms with Crippen molar-refractivity contribution in [3.05, 3.63) is 0 Å². The van der Waals surface area contributed by atoms with Crippen LogP contribution in [-0.4, -0.2) is 22.7 Å². The number of aliphatic hydroxyl groups is 1. The van der Waals surface area contributed by atoms with Crippen molar-refractivity contribution in [3.63, 3.8) is 0 Å². The first-order chi connectivity index (χ1) is 5.31. The molecule has 0 spiro atoms. The van der Waals surface area contributed by atoms with E-state index < -0.39 is 0 Å². The van der Waals surface area contributed by atoms with Crippen molar-refractivity contribution in [2.24, 2.45) is 0 Å². The van der Waals surface area contributed by atoms with Crippen LogP contribution in [0.15, 0.2) is 0 Å². The van der Waals surface area contributed by atoms with E-state index in [2.05, 4.69) is 13.8 Å². The molecule has 0 aliphatic carbocycles. The van der Waals surface area contributed by atoms with Crippen molar-refractivity contribution in [1.82, 2.24) is 0 Å². The highest BCUT2D eigenvalue weighted by molar-refractivity contribution is 7.99. The summed E-state index contributed by atoms with van der Waals surface area (Å²) in [7, 11) is 0. The van der Waals surface area contributed by atoms with Crippen molar-refractivity contribution in [1.29, 1.82) is 0 Å². The molecule has 0 aromatic rings. The molecule has 1 N–H and O–H groups in total. The van der Waals surface area contributed by atoms with Crippen molar-refractivity contribution in [3.8, 4) is 0 Å². The third-order valence-corrected chi connectivity index (χ3v) is 2.62. The minimum Gasteiger partial charge on any atom is -0.393 e. The highest BCUT2D eigenvalue weighted by Gasteiger charge is 2.01. The van der Waals surface area contributed by atoms with E-state index in [9.17, 15) is 5.11 Å². The summed E-state index contributed by atoms with van der Waals surface area (Å²) in [6, 6.07) is 0. The van der Waals surface area contributed by atoms with Gasteiger partial charge in [0, 0.05) is 0 Å². The summed E-state index contributed by atoms with van der Waals surface area (Å²) < 4.78 is 0. The minimum atomic E-state index is -0.0472. The fourth-order valence-electron chi connectivity index (χ4n) is 0.948. The van der Waals surface area contributed by atoms with Crippen molar-refractivity contribution in [2.45, 2.75) is 45.6 Å². The van der Waals surface area contributed by atoms with Gasteiger partial charge in [-0.05, 0) is 24.3 Å². The first-order valence-electron chi connectivity index (χ1n) is 4.57. The molecule has 1 nitrogen and oxygen atoms in total. The number of hydrogen-bond acceptors (Lipinski definition) is 2. The first kappa shape index (κ1) is 11.3. The summed E-state index contributed by atoms with van der Waals surface area (Å²) in [6.45, 7) is 4.32. The highest BCUT2D eigenvalue weighted by atomic mass is 32.2. The zero-order valence-corrected chi connectivity index (χ0v) is 8.49. The molecule has 11 heavy (non-hydrogen) atoms. The summed E-state index contributed by atoms with van der Waals surface area (Å²) in [5, 5.41) is 9.39. The smallest absolute Gasteiger partial charge is 0.0548 e. The van der Waals surface area contributed by atoms with Crippen LogP contribution in [0.2, 0.25) is 0 Å². The van der Waals surface area contributed by atoms with Crippen LogP contribution < -0.4 is 0 Å². The number of unbranched alkanes of at least 4 members (excludes halogenated alkanes) is 1. The predicted molar refractivity (Wildman–Crippen MR) is 53.1 cm³/mol. The molecule has 0 aliphatic heterocycles. The molecule has 0 radical (unpaired) electrons. The molecule has 1 atom stereocenters. The molecular formula is C9H20OS. The molecule has 0 saturated heterocycles. The van der Waals surface area contributed by atoms with Crippen LogP contribution in [0, 0.1) is 0 Å². The summed E-state index contributed by atoms with van der Waals surface area (Å²) in [5.74, 6) is 2.28. The van der Waals surface area contributed by atoms with E-state index in [4.69, 9.17) is 0 Å². The number of aliphatic hydroxyl groups excluding tert-OH is 1. The molecule has 1 unspecified atom stereocenters. The Morgan fingerprint density at radius 3 is 2.55 bits per heavy atom. The van der Waals surface area contributed by atoms with Gasteiger partial charge in [-0.3, -0.25) is 0 Å². The Bertz CT molecular complexity index is 76.0. The lowest BCUT2D eigenvalue weighted by molar-refractivity contribution is 0.158. The Kier molecular flexibility index (Phi) is 8.64. The van der Waals surface area contributed by atoms with Gasteiger partial charge in [0.25, 0.3) is 0 Å². The Labute approximate surface area is 74.6 Å². The van der Waals surface area contributed by atoms with Crippen LogP contribution in [0.5, 0.6) is 0 Å². The van der Waals surface area contributed by atoms with Crippen molar-refractivity contribution in [2.75, 3.05) is 11.5 Å². The molecule has 0 saturated carbocycles. The topological polar surface area (TPSA) is 20.2 Å². The van der Waals surface area contributed by atoms with Gasteiger partial charge in [0.1, 0.15) is 0 Å². The molecule has 0 aromatic heterocycles. The molecule has 0 heterocycles. The van der Waals surface area contributed by atoms with Gasteiger partial charge < -0.3 is 5.11 Å². The molecule has 2 heteroatoms. The Hall–Kier alpha value is 0.310. The highest BCUT2D eigenvalue weighted by Crippen LogP contribution is 2.08. The summed E-state index contributed by atoms with van der Waals surface area (Å²) in [5.41, 5.74) is 0. The molecule has 0 aromatic carbocycles. The normalized spacial score (nSPS) is 13.4. The Morgan fingerprint density at radius 2 is 2.00 bits per heavy atom. The molecule has 0 fully saturated rings. The zero-order chi connectivity index (χ0) is 8.53. The number of hydrogen-bond donors (Lipinski definition) is 1. The van der Waals surface area contributed by atoms with E-state index in [0.29, 0.717) is 0 Å². The van der Waals surface area contributed by atoms with Gasteiger partial charge >= 0.3 is 0 Å². The minimum absolute atomic E-state index is 0.0472. The Morgan fingerprint density at radius 1 is 1.27 bits per heavy atom. The van der Waals surface area contributed by atoms with Crippen molar-refractivity contribution >= 4 is 11.8 Å². The third kappa shape index (κ3) is 8.21. The fraction of sp³-hybridized carbons (Fsp3) is 1.00. The van der Waals surface area contributed by atoms with Crippen LogP contribution in [0.3, 0.4) is 0 Å². The Balaban J connectivity index is 3.02. The standard InChI is InChI=1S/C9H20OS/c1-3-5-6-9(10)7-8-11-4-2/h9-10H,3-8H2,1-2H3. The lowest BCUT2D eigenvalue weighted by Gasteiger charge is -2.08. The maximum atomic E-state index is 9.39. The lowest BCUT2D eigenvalue weighted by atomic mass is 10.1. The SMILES string of the molecule is CCCCC(O)CCSCC. The van der Waals surface area contributed by atoms with Crippen LogP contribution in [0.25, 0.3) is 0 Å². The predicted octanol–water partition coefficient (Wildman–Crippen LogP) is 2.68. The van der Waals surface area contributed by atoms with E-state index in [-0.39, 0.29) is 6.10 Å². The van der Waals surface area contributed by atoms with Crippen LogP contribution in [0.1, 0.15) is 39.5 Å². The molecule has 0 amide bonds. The number of rotatable bonds is 7. The molecule has 68 valence electrons. The van der Waals surface area contributed by atoms with Gasteiger partial charge in [-0.25, -0.2) is 0 Å². The quantitative estimate of drug-likeness (QED) is 0.602. The van der Waals surface area contributed by atoms with Gasteiger partial charge in [0.05, 0.1) is 6.10 Å². The summed E-state index contributed by atoms with van der Waals surface area (Å²) in [6.07, 6.45) is 4.27. The van der Waals surface area contributed by atoms with Gasteiger partial charge in [-0.2, -0.15) is 11.8 Å². The second-order valence-corrected chi connectivity index (χ2v) is 4.18. The maximum absolute atomic E-state index is 9.39.